The third-order valence-corrected chi connectivity index (χ3v) is 4.20. The van der Waals surface area contributed by atoms with E-state index in [1.165, 1.54) is 19.1 Å². The molecule has 6 heteroatoms. The van der Waals surface area contributed by atoms with Crippen molar-refractivity contribution in [2.75, 3.05) is 6.61 Å². The van der Waals surface area contributed by atoms with Crippen LogP contribution >= 0.6 is 0 Å². The van der Waals surface area contributed by atoms with Gasteiger partial charge in [-0.3, -0.25) is 0 Å². The first-order chi connectivity index (χ1) is 12.8. The van der Waals surface area contributed by atoms with Crippen molar-refractivity contribution in [1.29, 1.82) is 0 Å². The number of rotatable bonds is 9. The van der Waals surface area contributed by atoms with Crippen LogP contribution < -0.4 is 9.47 Å². The number of ether oxygens (including phenoxy) is 2. The van der Waals surface area contributed by atoms with Gasteiger partial charge in [-0.1, -0.05) is 31.9 Å². The average Bonchev–Trinajstić information content (AvgIpc) is 2.61. The molecular formula is C21H24F4O2. The summed E-state index contributed by atoms with van der Waals surface area (Å²) >= 11 is 0. The van der Waals surface area contributed by atoms with Gasteiger partial charge in [0.1, 0.15) is 11.3 Å². The summed E-state index contributed by atoms with van der Waals surface area (Å²) in [4.78, 5) is 0. The standard InChI is InChI=1S/C21H24F4O2/c1-4-6-7-8-15-9-11-16(12-10-15)27-21(24,25)18-14(3)13-17(26-5-2)19(22)20(18)23/h9-13H,4-8H2,1-3H3. The zero-order valence-corrected chi connectivity index (χ0v) is 15.8. The van der Waals surface area contributed by atoms with Gasteiger partial charge in [-0.05, 0) is 56.0 Å². The van der Waals surface area contributed by atoms with Gasteiger partial charge in [0, 0.05) is 0 Å². The van der Waals surface area contributed by atoms with E-state index < -0.39 is 29.1 Å². The third kappa shape index (κ3) is 5.15. The Bertz CT molecular complexity index is 758. The van der Waals surface area contributed by atoms with Crippen LogP contribution in [0.25, 0.3) is 0 Å². The van der Waals surface area contributed by atoms with Crippen molar-refractivity contribution in [3.8, 4) is 11.5 Å². The van der Waals surface area contributed by atoms with Crippen LogP contribution in [0.2, 0.25) is 0 Å². The van der Waals surface area contributed by atoms with E-state index in [2.05, 4.69) is 6.92 Å². The lowest BCUT2D eigenvalue weighted by Crippen LogP contribution is -2.25. The normalized spacial score (nSPS) is 11.5. The number of alkyl halides is 2. The molecule has 0 amide bonds. The van der Waals surface area contributed by atoms with E-state index in [-0.39, 0.29) is 17.9 Å². The second kappa shape index (κ2) is 9.11. The van der Waals surface area contributed by atoms with Gasteiger partial charge in [0.15, 0.2) is 11.6 Å². The van der Waals surface area contributed by atoms with Crippen LogP contribution in [-0.4, -0.2) is 6.61 Å². The molecule has 0 fully saturated rings. The molecule has 0 bridgehead atoms. The molecule has 27 heavy (non-hydrogen) atoms. The molecule has 2 aromatic carbocycles. The first-order valence-corrected chi connectivity index (χ1v) is 9.07. The van der Waals surface area contributed by atoms with Gasteiger partial charge >= 0.3 is 6.11 Å². The minimum Gasteiger partial charge on any atom is -0.491 e. The van der Waals surface area contributed by atoms with E-state index in [9.17, 15) is 17.6 Å². The lowest BCUT2D eigenvalue weighted by atomic mass is 10.1. The van der Waals surface area contributed by atoms with Crippen molar-refractivity contribution in [3.05, 3.63) is 58.7 Å². The molecule has 0 unspecified atom stereocenters. The summed E-state index contributed by atoms with van der Waals surface area (Å²) in [6.45, 7) is 5.04. The zero-order valence-electron chi connectivity index (χ0n) is 15.8. The molecule has 0 saturated carbocycles. The highest BCUT2D eigenvalue weighted by Crippen LogP contribution is 2.38. The van der Waals surface area contributed by atoms with E-state index in [1.807, 2.05) is 0 Å². The number of unbranched alkanes of at least 4 members (excludes halogenated alkanes) is 2. The largest absolute Gasteiger partial charge is 0.491 e. The number of aryl methyl sites for hydroxylation is 2. The predicted molar refractivity (Wildman–Crippen MR) is 96.5 cm³/mol. The Labute approximate surface area is 157 Å². The minimum atomic E-state index is -4.02. The first-order valence-electron chi connectivity index (χ1n) is 9.07. The summed E-state index contributed by atoms with van der Waals surface area (Å²) in [6.07, 6.45) is 0.0315. The highest BCUT2D eigenvalue weighted by atomic mass is 19.3. The molecule has 0 aromatic heterocycles. The molecule has 148 valence electrons. The first kappa shape index (κ1) is 21.1. The monoisotopic (exact) mass is 384 g/mol. The second-order valence-electron chi connectivity index (χ2n) is 6.35. The average molecular weight is 384 g/mol. The Balaban J connectivity index is 2.22. The van der Waals surface area contributed by atoms with Gasteiger partial charge in [-0.2, -0.15) is 13.2 Å². The molecule has 2 nitrogen and oxygen atoms in total. The highest BCUT2D eigenvalue weighted by molar-refractivity contribution is 5.40. The van der Waals surface area contributed by atoms with Crippen molar-refractivity contribution < 1.29 is 27.0 Å². The fourth-order valence-electron chi connectivity index (χ4n) is 2.84. The molecule has 0 saturated heterocycles. The number of benzene rings is 2. The number of hydrogen-bond acceptors (Lipinski definition) is 2. The molecule has 0 aliphatic rings. The maximum absolute atomic E-state index is 14.5. The summed E-state index contributed by atoms with van der Waals surface area (Å²) in [6, 6.07) is 7.26. The molecule has 0 N–H and O–H groups in total. The Morgan fingerprint density at radius 2 is 1.63 bits per heavy atom. The number of hydrogen-bond donors (Lipinski definition) is 0. The van der Waals surface area contributed by atoms with Crippen LogP contribution in [-0.2, 0) is 12.5 Å². The molecule has 0 radical (unpaired) electrons. The molecular weight excluding hydrogens is 360 g/mol. The fourth-order valence-corrected chi connectivity index (χ4v) is 2.84. The van der Waals surface area contributed by atoms with E-state index in [0.29, 0.717) is 0 Å². The summed E-state index contributed by atoms with van der Waals surface area (Å²) in [5.41, 5.74) is -0.275. The van der Waals surface area contributed by atoms with Crippen molar-refractivity contribution in [2.45, 2.75) is 52.6 Å². The third-order valence-electron chi connectivity index (χ3n) is 4.20. The minimum absolute atomic E-state index is 0.0899. The van der Waals surface area contributed by atoms with E-state index in [4.69, 9.17) is 9.47 Å². The molecule has 0 aliphatic heterocycles. The Morgan fingerprint density at radius 1 is 0.963 bits per heavy atom. The van der Waals surface area contributed by atoms with Crippen molar-refractivity contribution in [1.82, 2.24) is 0 Å². The van der Waals surface area contributed by atoms with Crippen LogP contribution in [0.3, 0.4) is 0 Å². The Kier molecular flexibility index (Phi) is 7.11. The molecule has 0 heterocycles. The van der Waals surface area contributed by atoms with Crippen LogP contribution in [0, 0.1) is 18.6 Å². The van der Waals surface area contributed by atoms with E-state index in [1.54, 1.807) is 19.1 Å². The topological polar surface area (TPSA) is 18.5 Å². The maximum Gasteiger partial charge on any atom is 0.429 e. The van der Waals surface area contributed by atoms with Crippen LogP contribution in [0.1, 0.15) is 49.8 Å². The molecule has 0 spiro atoms. The van der Waals surface area contributed by atoms with Crippen LogP contribution in [0.5, 0.6) is 11.5 Å². The second-order valence-corrected chi connectivity index (χ2v) is 6.35. The summed E-state index contributed by atoms with van der Waals surface area (Å²) in [5, 5.41) is 0. The lowest BCUT2D eigenvalue weighted by molar-refractivity contribution is -0.188. The smallest absolute Gasteiger partial charge is 0.429 e. The molecule has 2 rings (SSSR count). The highest BCUT2D eigenvalue weighted by Gasteiger charge is 2.41. The quantitative estimate of drug-likeness (QED) is 0.361. The summed E-state index contributed by atoms with van der Waals surface area (Å²) < 4.78 is 67.0. The summed E-state index contributed by atoms with van der Waals surface area (Å²) in [7, 11) is 0. The predicted octanol–water partition coefficient (Wildman–Crippen LogP) is 6.53. The van der Waals surface area contributed by atoms with Crippen molar-refractivity contribution in [2.24, 2.45) is 0 Å². The van der Waals surface area contributed by atoms with Crippen LogP contribution in [0.4, 0.5) is 17.6 Å². The van der Waals surface area contributed by atoms with Gasteiger partial charge in [0.2, 0.25) is 5.82 Å². The molecule has 0 atom stereocenters. The van der Waals surface area contributed by atoms with Gasteiger partial charge in [0.05, 0.1) is 6.61 Å². The Morgan fingerprint density at radius 3 is 2.22 bits per heavy atom. The van der Waals surface area contributed by atoms with Crippen molar-refractivity contribution >= 4 is 0 Å². The van der Waals surface area contributed by atoms with Gasteiger partial charge in [-0.25, -0.2) is 4.39 Å². The Hall–Kier alpha value is -2.24. The van der Waals surface area contributed by atoms with Crippen molar-refractivity contribution in [3.63, 3.8) is 0 Å². The molecule has 2 aromatic rings. The van der Waals surface area contributed by atoms with Gasteiger partial charge in [0.25, 0.3) is 0 Å². The van der Waals surface area contributed by atoms with Gasteiger partial charge < -0.3 is 9.47 Å². The summed E-state index contributed by atoms with van der Waals surface area (Å²) in [5.74, 6) is -3.64. The van der Waals surface area contributed by atoms with E-state index >= 15 is 0 Å². The van der Waals surface area contributed by atoms with Crippen LogP contribution in [0.15, 0.2) is 30.3 Å². The SMILES string of the molecule is CCCCCc1ccc(OC(F)(F)c2c(C)cc(OCC)c(F)c2F)cc1. The lowest BCUT2D eigenvalue weighted by Gasteiger charge is -2.21. The number of halogens is 4. The van der Waals surface area contributed by atoms with Gasteiger partial charge in [-0.15, -0.1) is 0 Å². The zero-order chi connectivity index (χ0) is 20.0. The molecule has 0 aliphatic carbocycles. The fraction of sp³-hybridized carbons (Fsp3) is 0.429. The van der Waals surface area contributed by atoms with E-state index in [0.717, 1.165) is 37.3 Å². The maximum atomic E-state index is 14.5.